The van der Waals surface area contributed by atoms with Gasteiger partial charge in [-0.25, -0.2) is 4.98 Å². The van der Waals surface area contributed by atoms with Crippen molar-refractivity contribution in [1.82, 2.24) is 20.2 Å². The van der Waals surface area contributed by atoms with Gasteiger partial charge in [-0.05, 0) is 12.5 Å². The maximum atomic E-state index is 4.55. The minimum atomic E-state index is 0.347. The van der Waals surface area contributed by atoms with Crippen LogP contribution in [0.15, 0.2) is 36.5 Å². The van der Waals surface area contributed by atoms with E-state index in [1.807, 2.05) is 12.3 Å². The summed E-state index contributed by atoms with van der Waals surface area (Å²) >= 11 is 0. The van der Waals surface area contributed by atoms with Crippen molar-refractivity contribution in [3.63, 3.8) is 0 Å². The molecule has 0 spiro atoms. The molecule has 0 amide bonds. The molecule has 1 aromatic heterocycles. The van der Waals surface area contributed by atoms with E-state index in [-0.39, 0.29) is 0 Å². The molecular weight excluding hydrogens is 236 g/mol. The number of aromatic nitrogens is 2. The summed E-state index contributed by atoms with van der Waals surface area (Å²) in [6.45, 7) is 6.52. The number of nitrogens with zero attached hydrogens (tertiary/aromatic N) is 2. The summed E-state index contributed by atoms with van der Waals surface area (Å²) in [6.07, 6.45) is 1.93. The first kappa shape index (κ1) is 12.4. The standard InChI is InChI=1S/C15H20N4/c1-12(19-9-7-16-8-10-19)15-17-11-14(18-15)13-5-3-2-4-6-13/h2-6,11-12,16H,7-10H2,1H3,(H,17,18). The quantitative estimate of drug-likeness (QED) is 0.883. The molecule has 2 N–H and O–H groups in total. The van der Waals surface area contributed by atoms with Crippen LogP contribution in [0.1, 0.15) is 18.8 Å². The molecule has 2 heterocycles. The van der Waals surface area contributed by atoms with Crippen molar-refractivity contribution < 1.29 is 0 Å². The predicted octanol–water partition coefficient (Wildman–Crippen LogP) is 2.04. The lowest BCUT2D eigenvalue weighted by molar-refractivity contribution is 0.180. The van der Waals surface area contributed by atoms with Gasteiger partial charge in [-0.15, -0.1) is 0 Å². The Morgan fingerprint density at radius 3 is 2.63 bits per heavy atom. The molecule has 3 rings (SSSR count). The number of nitrogens with one attached hydrogen (secondary N) is 2. The molecule has 1 aliphatic rings. The van der Waals surface area contributed by atoms with Gasteiger partial charge in [-0.1, -0.05) is 30.3 Å². The second kappa shape index (κ2) is 5.55. The third-order valence-corrected chi connectivity index (χ3v) is 3.78. The summed E-state index contributed by atoms with van der Waals surface area (Å²) in [4.78, 5) is 10.5. The smallest absolute Gasteiger partial charge is 0.123 e. The van der Waals surface area contributed by atoms with E-state index in [4.69, 9.17) is 0 Å². The van der Waals surface area contributed by atoms with E-state index in [1.54, 1.807) is 0 Å². The summed E-state index contributed by atoms with van der Waals surface area (Å²) in [5.74, 6) is 1.06. The van der Waals surface area contributed by atoms with E-state index < -0.39 is 0 Å². The van der Waals surface area contributed by atoms with E-state index in [1.165, 1.54) is 5.56 Å². The zero-order chi connectivity index (χ0) is 13.1. The average Bonchev–Trinajstić information content (AvgIpc) is 2.98. The highest BCUT2D eigenvalue weighted by atomic mass is 15.2. The third-order valence-electron chi connectivity index (χ3n) is 3.78. The largest absolute Gasteiger partial charge is 0.341 e. The van der Waals surface area contributed by atoms with Gasteiger partial charge in [0.1, 0.15) is 5.82 Å². The molecular formula is C15H20N4. The fraction of sp³-hybridized carbons (Fsp3) is 0.400. The molecule has 0 radical (unpaired) electrons. The molecule has 1 saturated heterocycles. The van der Waals surface area contributed by atoms with E-state index in [0.717, 1.165) is 37.7 Å². The van der Waals surface area contributed by atoms with E-state index >= 15 is 0 Å². The fourth-order valence-corrected chi connectivity index (χ4v) is 2.56. The van der Waals surface area contributed by atoms with E-state index in [9.17, 15) is 0 Å². The van der Waals surface area contributed by atoms with Gasteiger partial charge in [-0.2, -0.15) is 0 Å². The van der Waals surface area contributed by atoms with Crippen molar-refractivity contribution in [2.24, 2.45) is 0 Å². The number of benzene rings is 1. The number of hydrogen-bond donors (Lipinski definition) is 2. The van der Waals surface area contributed by atoms with Crippen LogP contribution in [0.4, 0.5) is 0 Å². The Kier molecular flexibility index (Phi) is 3.62. The highest BCUT2D eigenvalue weighted by molar-refractivity contribution is 5.58. The molecule has 1 aliphatic heterocycles. The normalized spacial score (nSPS) is 18.4. The maximum absolute atomic E-state index is 4.55. The van der Waals surface area contributed by atoms with Crippen LogP contribution in [0.2, 0.25) is 0 Å². The second-order valence-electron chi connectivity index (χ2n) is 5.01. The Labute approximate surface area is 113 Å². The summed E-state index contributed by atoms with van der Waals surface area (Å²) in [7, 11) is 0. The number of imidazole rings is 1. The van der Waals surface area contributed by atoms with Crippen LogP contribution in [-0.2, 0) is 0 Å². The average molecular weight is 256 g/mol. The topological polar surface area (TPSA) is 44.0 Å². The lowest BCUT2D eigenvalue weighted by Gasteiger charge is -2.31. The van der Waals surface area contributed by atoms with Crippen LogP contribution in [0, 0.1) is 0 Å². The maximum Gasteiger partial charge on any atom is 0.123 e. The molecule has 100 valence electrons. The zero-order valence-electron chi connectivity index (χ0n) is 11.3. The monoisotopic (exact) mass is 256 g/mol. The van der Waals surface area contributed by atoms with Crippen molar-refractivity contribution in [3.8, 4) is 11.3 Å². The Morgan fingerprint density at radius 1 is 1.16 bits per heavy atom. The molecule has 1 aromatic carbocycles. The Hall–Kier alpha value is -1.65. The first-order valence-electron chi connectivity index (χ1n) is 6.89. The lowest BCUT2D eigenvalue weighted by Crippen LogP contribution is -2.44. The second-order valence-corrected chi connectivity index (χ2v) is 5.01. The molecule has 4 nitrogen and oxygen atoms in total. The molecule has 0 aliphatic carbocycles. The highest BCUT2D eigenvalue weighted by Crippen LogP contribution is 2.22. The minimum absolute atomic E-state index is 0.347. The van der Waals surface area contributed by atoms with Crippen LogP contribution in [-0.4, -0.2) is 41.0 Å². The molecule has 0 bridgehead atoms. The van der Waals surface area contributed by atoms with Gasteiger partial charge in [0.2, 0.25) is 0 Å². The summed E-state index contributed by atoms with van der Waals surface area (Å²) < 4.78 is 0. The summed E-state index contributed by atoms with van der Waals surface area (Å²) in [6, 6.07) is 10.7. The van der Waals surface area contributed by atoms with Gasteiger partial charge >= 0.3 is 0 Å². The number of aromatic amines is 1. The fourth-order valence-electron chi connectivity index (χ4n) is 2.56. The van der Waals surface area contributed by atoms with Gasteiger partial charge in [0.25, 0.3) is 0 Å². The Bertz CT molecular complexity index is 514. The van der Waals surface area contributed by atoms with Gasteiger partial charge < -0.3 is 10.3 Å². The first-order valence-corrected chi connectivity index (χ1v) is 6.89. The molecule has 2 aromatic rings. The molecule has 1 fully saturated rings. The summed E-state index contributed by atoms with van der Waals surface area (Å²) in [5, 5.41) is 3.38. The Morgan fingerprint density at radius 2 is 1.89 bits per heavy atom. The molecule has 1 unspecified atom stereocenters. The minimum Gasteiger partial charge on any atom is -0.341 e. The Balaban J connectivity index is 1.77. The summed E-state index contributed by atoms with van der Waals surface area (Å²) in [5.41, 5.74) is 2.28. The number of hydrogen-bond acceptors (Lipinski definition) is 3. The van der Waals surface area contributed by atoms with Crippen LogP contribution >= 0.6 is 0 Å². The van der Waals surface area contributed by atoms with E-state index in [2.05, 4.69) is 51.4 Å². The van der Waals surface area contributed by atoms with Crippen LogP contribution in [0.5, 0.6) is 0 Å². The SMILES string of the molecule is CC(c1ncc(-c2ccccc2)[nH]1)N1CCNCC1. The molecule has 19 heavy (non-hydrogen) atoms. The van der Waals surface area contributed by atoms with Gasteiger partial charge in [0, 0.05) is 26.2 Å². The van der Waals surface area contributed by atoms with Crippen molar-refractivity contribution in [1.29, 1.82) is 0 Å². The third kappa shape index (κ3) is 2.69. The first-order chi connectivity index (χ1) is 9.34. The lowest BCUT2D eigenvalue weighted by atomic mass is 10.2. The number of piperazine rings is 1. The van der Waals surface area contributed by atoms with Crippen LogP contribution < -0.4 is 5.32 Å². The highest BCUT2D eigenvalue weighted by Gasteiger charge is 2.20. The van der Waals surface area contributed by atoms with Crippen molar-refractivity contribution in [2.45, 2.75) is 13.0 Å². The zero-order valence-corrected chi connectivity index (χ0v) is 11.3. The molecule has 4 heteroatoms. The van der Waals surface area contributed by atoms with Crippen molar-refractivity contribution in [3.05, 3.63) is 42.4 Å². The van der Waals surface area contributed by atoms with Crippen molar-refractivity contribution in [2.75, 3.05) is 26.2 Å². The van der Waals surface area contributed by atoms with Crippen LogP contribution in [0.25, 0.3) is 11.3 Å². The number of H-pyrrole nitrogens is 1. The molecule has 0 saturated carbocycles. The molecule has 1 atom stereocenters. The van der Waals surface area contributed by atoms with E-state index in [0.29, 0.717) is 6.04 Å². The van der Waals surface area contributed by atoms with Crippen LogP contribution in [0.3, 0.4) is 0 Å². The van der Waals surface area contributed by atoms with Gasteiger partial charge in [0.15, 0.2) is 0 Å². The van der Waals surface area contributed by atoms with Gasteiger partial charge in [-0.3, -0.25) is 4.90 Å². The van der Waals surface area contributed by atoms with Crippen molar-refractivity contribution >= 4 is 0 Å². The number of rotatable bonds is 3. The predicted molar refractivity (Wildman–Crippen MR) is 76.9 cm³/mol. The van der Waals surface area contributed by atoms with Gasteiger partial charge in [0.05, 0.1) is 17.9 Å².